The number of nitriles is 1. The molecule has 0 radical (unpaired) electrons. The third kappa shape index (κ3) is 3.48. The number of benzene rings is 1. The molecule has 0 heterocycles. The summed E-state index contributed by atoms with van der Waals surface area (Å²) < 4.78 is 39.6. The zero-order chi connectivity index (χ0) is 15.4. The van der Waals surface area contributed by atoms with E-state index in [-0.39, 0.29) is 22.2 Å². The third-order valence-electron chi connectivity index (χ3n) is 2.39. The van der Waals surface area contributed by atoms with Crippen LogP contribution in [0.1, 0.15) is 13.8 Å². The summed E-state index contributed by atoms with van der Waals surface area (Å²) in [6.07, 6.45) is 0. The summed E-state index contributed by atoms with van der Waals surface area (Å²) >= 11 is 4.83. The van der Waals surface area contributed by atoms with Gasteiger partial charge in [0.1, 0.15) is 33.9 Å². The maximum atomic E-state index is 13.4. The van der Waals surface area contributed by atoms with Crippen molar-refractivity contribution in [2.75, 3.05) is 5.32 Å². The highest BCUT2D eigenvalue weighted by atomic mass is 32.1. The van der Waals surface area contributed by atoms with Gasteiger partial charge in [0.15, 0.2) is 11.6 Å². The highest BCUT2D eigenvalue weighted by Crippen LogP contribution is 2.22. The van der Waals surface area contributed by atoms with E-state index in [1.54, 1.807) is 19.9 Å². The molecule has 0 saturated heterocycles. The van der Waals surface area contributed by atoms with Gasteiger partial charge in [-0.3, -0.25) is 0 Å². The van der Waals surface area contributed by atoms with Crippen LogP contribution >= 0.6 is 12.2 Å². The van der Waals surface area contributed by atoms with Gasteiger partial charge in [0, 0.05) is 18.1 Å². The fraction of sp³-hybridized carbons (Fsp3) is 0.231. The number of thiocarbonyl (C=S) groups is 1. The number of nitrogens with zero attached hydrogens (tertiary/aromatic N) is 1. The Morgan fingerprint density at radius 3 is 2.20 bits per heavy atom. The molecule has 1 aromatic rings. The molecule has 0 aliphatic rings. The van der Waals surface area contributed by atoms with Crippen LogP contribution in [-0.4, -0.2) is 10.1 Å². The summed E-state index contributed by atoms with van der Waals surface area (Å²) in [5.74, 6) is -4.13. The predicted octanol–water partition coefficient (Wildman–Crippen LogP) is 3.83. The SMILES string of the molecule is CC(C)/C(O)=C(\C#N)C(=S)Nc1c(F)cc(F)cc1F. The largest absolute Gasteiger partial charge is 0.511 e. The highest BCUT2D eigenvalue weighted by Gasteiger charge is 2.18. The lowest BCUT2D eigenvalue weighted by Gasteiger charge is -2.12. The van der Waals surface area contributed by atoms with Crippen molar-refractivity contribution in [3.05, 3.63) is 40.9 Å². The summed E-state index contributed by atoms with van der Waals surface area (Å²) in [5, 5.41) is 20.8. The Morgan fingerprint density at radius 1 is 1.30 bits per heavy atom. The molecule has 0 spiro atoms. The smallest absolute Gasteiger partial charge is 0.152 e. The normalized spacial score (nSPS) is 11.8. The Kier molecular flexibility index (Phi) is 5.11. The first-order valence-corrected chi connectivity index (χ1v) is 5.97. The average Bonchev–Trinajstić information content (AvgIpc) is 2.34. The quantitative estimate of drug-likeness (QED) is 0.385. The summed E-state index contributed by atoms with van der Waals surface area (Å²) in [6.45, 7) is 3.24. The molecule has 0 unspecified atom stereocenters. The fourth-order valence-electron chi connectivity index (χ4n) is 1.35. The maximum absolute atomic E-state index is 13.4. The Hall–Kier alpha value is -2.07. The molecule has 0 aliphatic heterocycles. The van der Waals surface area contributed by atoms with Gasteiger partial charge in [0.2, 0.25) is 0 Å². The van der Waals surface area contributed by atoms with Crippen LogP contribution in [0.25, 0.3) is 0 Å². The van der Waals surface area contributed by atoms with Crippen molar-refractivity contribution < 1.29 is 18.3 Å². The van der Waals surface area contributed by atoms with E-state index in [0.717, 1.165) is 0 Å². The van der Waals surface area contributed by atoms with Gasteiger partial charge in [-0.05, 0) is 0 Å². The van der Waals surface area contributed by atoms with Crippen LogP contribution in [0, 0.1) is 34.7 Å². The molecule has 20 heavy (non-hydrogen) atoms. The molecule has 0 aliphatic carbocycles. The minimum absolute atomic E-state index is 0.293. The molecule has 0 amide bonds. The van der Waals surface area contributed by atoms with E-state index in [2.05, 4.69) is 5.32 Å². The van der Waals surface area contributed by atoms with Gasteiger partial charge in [-0.1, -0.05) is 26.1 Å². The Bertz CT molecular complexity index is 598. The van der Waals surface area contributed by atoms with E-state index in [9.17, 15) is 18.3 Å². The number of nitrogens with one attached hydrogen (secondary N) is 1. The first kappa shape index (κ1) is 16.0. The molecule has 1 aromatic carbocycles. The summed E-state index contributed by atoms with van der Waals surface area (Å²) in [4.78, 5) is -0.344. The van der Waals surface area contributed by atoms with Gasteiger partial charge in [0.25, 0.3) is 0 Å². The number of allylic oxidation sites excluding steroid dienone is 1. The van der Waals surface area contributed by atoms with E-state index in [1.165, 1.54) is 0 Å². The number of anilines is 1. The molecule has 106 valence electrons. The standard InChI is InChI=1S/C13H11F3N2OS/c1-6(2)12(19)8(5-17)13(20)18-11-9(15)3-7(14)4-10(11)16/h3-4,6,19H,1-2H3,(H,18,20)/b12-8-. The number of rotatable bonds is 3. The monoisotopic (exact) mass is 300 g/mol. The lowest BCUT2D eigenvalue weighted by Crippen LogP contribution is -2.17. The lowest BCUT2D eigenvalue weighted by molar-refractivity contribution is 0.350. The fourth-order valence-corrected chi connectivity index (χ4v) is 1.60. The number of halogens is 3. The van der Waals surface area contributed by atoms with Crippen molar-refractivity contribution in [3.63, 3.8) is 0 Å². The Labute approximate surface area is 119 Å². The van der Waals surface area contributed by atoms with Crippen LogP contribution in [0.3, 0.4) is 0 Å². The minimum atomic E-state index is -1.19. The van der Waals surface area contributed by atoms with Crippen LogP contribution in [0.5, 0.6) is 0 Å². The molecule has 0 aromatic heterocycles. The second kappa shape index (κ2) is 6.39. The van der Waals surface area contributed by atoms with Crippen molar-refractivity contribution in [2.45, 2.75) is 13.8 Å². The van der Waals surface area contributed by atoms with Gasteiger partial charge >= 0.3 is 0 Å². The summed E-state index contributed by atoms with van der Waals surface area (Å²) in [5.41, 5.74) is -0.973. The molecule has 0 fully saturated rings. The number of aliphatic hydroxyl groups excluding tert-OH is 1. The third-order valence-corrected chi connectivity index (χ3v) is 2.69. The Balaban J connectivity index is 3.15. The zero-order valence-electron chi connectivity index (χ0n) is 10.7. The lowest BCUT2D eigenvalue weighted by atomic mass is 10.1. The molecule has 0 saturated carbocycles. The minimum Gasteiger partial charge on any atom is -0.511 e. The molecule has 2 N–H and O–H groups in total. The molecule has 7 heteroatoms. The first-order chi connectivity index (χ1) is 9.27. The van der Waals surface area contributed by atoms with Crippen LogP contribution < -0.4 is 5.32 Å². The molecule has 3 nitrogen and oxygen atoms in total. The van der Waals surface area contributed by atoms with Gasteiger partial charge < -0.3 is 10.4 Å². The van der Waals surface area contributed by atoms with Crippen LogP contribution in [-0.2, 0) is 0 Å². The summed E-state index contributed by atoms with van der Waals surface area (Å²) in [6, 6.07) is 2.62. The van der Waals surface area contributed by atoms with Crippen molar-refractivity contribution in [3.8, 4) is 6.07 Å². The van der Waals surface area contributed by atoms with Crippen molar-refractivity contribution in [1.82, 2.24) is 0 Å². The molecule has 0 bridgehead atoms. The van der Waals surface area contributed by atoms with E-state index >= 15 is 0 Å². The summed E-state index contributed by atoms with van der Waals surface area (Å²) in [7, 11) is 0. The number of hydrogen-bond donors (Lipinski definition) is 2. The topological polar surface area (TPSA) is 56.0 Å². The number of aliphatic hydroxyl groups is 1. The Morgan fingerprint density at radius 2 is 1.80 bits per heavy atom. The van der Waals surface area contributed by atoms with Gasteiger partial charge in [-0.2, -0.15) is 5.26 Å². The van der Waals surface area contributed by atoms with Crippen molar-refractivity contribution >= 4 is 22.9 Å². The van der Waals surface area contributed by atoms with Crippen molar-refractivity contribution in [1.29, 1.82) is 5.26 Å². The van der Waals surface area contributed by atoms with Crippen LogP contribution in [0.2, 0.25) is 0 Å². The van der Waals surface area contributed by atoms with Gasteiger partial charge in [-0.25, -0.2) is 13.2 Å². The van der Waals surface area contributed by atoms with Crippen LogP contribution in [0.15, 0.2) is 23.5 Å². The van der Waals surface area contributed by atoms with Crippen molar-refractivity contribution in [2.24, 2.45) is 5.92 Å². The number of hydrogen-bond acceptors (Lipinski definition) is 3. The molecular weight excluding hydrogens is 289 g/mol. The second-order valence-corrected chi connectivity index (χ2v) is 4.63. The van der Waals surface area contributed by atoms with Crippen LogP contribution in [0.4, 0.5) is 18.9 Å². The second-order valence-electron chi connectivity index (χ2n) is 4.23. The van der Waals surface area contributed by atoms with Gasteiger partial charge in [0.05, 0.1) is 0 Å². The van der Waals surface area contributed by atoms with E-state index in [0.29, 0.717) is 12.1 Å². The molecule has 0 atom stereocenters. The maximum Gasteiger partial charge on any atom is 0.152 e. The zero-order valence-corrected chi connectivity index (χ0v) is 11.5. The van der Waals surface area contributed by atoms with Gasteiger partial charge in [-0.15, -0.1) is 0 Å². The molecule has 1 rings (SSSR count). The van der Waals surface area contributed by atoms with E-state index < -0.39 is 23.1 Å². The highest BCUT2D eigenvalue weighted by molar-refractivity contribution is 7.81. The first-order valence-electron chi connectivity index (χ1n) is 5.57. The van der Waals surface area contributed by atoms with E-state index in [1.807, 2.05) is 0 Å². The molecular formula is C13H11F3N2OS. The average molecular weight is 300 g/mol. The van der Waals surface area contributed by atoms with E-state index in [4.69, 9.17) is 17.5 Å². The predicted molar refractivity (Wildman–Crippen MR) is 72.6 cm³/mol.